The molecule has 0 rings (SSSR count). The third-order valence-electron chi connectivity index (χ3n) is 17.8. The first-order valence-electron chi connectivity index (χ1n) is 39.0. The van der Waals surface area contributed by atoms with Gasteiger partial charge in [0.25, 0.3) is 0 Å². The molecule has 0 radical (unpaired) electrons. The molecule has 0 saturated heterocycles. The second kappa shape index (κ2) is 66.9. The first kappa shape index (κ1) is 92.1. The Hall–Kier alpha value is -1.94. The van der Waals surface area contributed by atoms with Gasteiger partial charge in [0.2, 0.25) is 0 Å². The maximum atomic E-state index is 13.1. The molecule has 0 aliphatic carbocycles. The van der Waals surface area contributed by atoms with E-state index in [1.165, 1.54) is 205 Å². The smallest absolute Gasteiger partial charge is 0.462 e. The van der Waals surface area contributed by atoms with Gasteiger partial charge >= 0.3 is 39.5 Å². The van der Waals surface area contributed by atoms with Crippen molar-refractivity contribution in [3.8, 4) is 0 Å². The summed E-state index contributed by atoms with van der Waals surface area (Å²) in [5.41, 5.74) is 0. The Morgan fingerprint density at radius 2 is 0.543 bits per heavy atom. The minimum absolute atomic E-state index is 0.107. The lowest BCUT2D eigenvalue weighted by Crippen LogP contribution is -2.30. The molecule has 0 aromatic heterocycles. The first-order valence-corrected chi connectivity index (χ1v) is 42.0. The molecule has 0 heterocycles. The van der Waals surface area contributed by atoms with Crippen LogP contribution in [0.25, 0.3) is 0 Å². The highest BCUT2D eigenvalue weighted by Crippen LogP contribution is 2.45. The molecule has 0 saturated carbocycles. The molecular weight excluding hydrogens is 1230 g/mol. The summed E-state index contributed by atoms with van der Waals surface area (Å²) in [6, 6.07) is 0. The van der Waals surface area contributed by atoms with Crippen LogP contribution in [0.5, 0.6) is 0 Å². The van der Waals surface area contributed by atoms with Gasteiger partial charge in [0.1, 0.15) is 19.3 Å². The Kier molecular flexibility index (Phi) is 65.5. The summed E-state index contributed by atoms with van der Waals surface area (Å²) < 4.78 is 68.4. The summed E-state index contributed by atoms with van der Waals surface area (Å²) in [5, 5.41) is 10.6. The van der Waals surface area contributed by atoms with Crippen LogP contribution in [-0.4, -0.2) is 96.7 Å². The van der Waals surface area contributed by atoms with E-state index < -0.39 is 97.5 Å². The van der Waals surface area contributed by atoms with E-state index in [1.54, 1.807) is 0 Å². The van der Waals surface area contributed by atoms with Gasteiger partial charge < -0.3 is 33.8 Å². The molecule has 0 amide bonds. The van der Waals surface area contributed by atoms with Gasteiger partial charge in [0, 0.05) is 25.7 Å². The Morgan fingerprint density at radius 3 is 0.809 bits per heavy atom. The molecule has 3 unspecified atom stereocenters. The van der Waals surface area contributed by atoms with Crippen LogP contribution in [-0.2, 0) is 65.4 Å². The zero-order valence-corrected chi connectivity index (χ0v) is 63.1. The fraction of sp³-hybridized carbons (Fsp3) is 0.947. The van der Waals surface area contributed by atoms with Crippen molar-refractivity contribution in [3.05, 3.63) is 0 Å². The second-order valence-corrected chi connectivity index (χ2v) is 30.7. The predicted octanol–water partition coefficient (Wildman–Crippen LogP) is 21.9. The summed E-state index contributed by atoms with van der Waals surface area (Å²) >= 11 is 0. The fourth-order valence-electron chi connectivity index (χ4n) is 11.4. The van der Waals surface area contributed by atoms with E-state index in [0.29, 0.717) is 25.7 Å². The second-order valence-electron chi connectivity index (χ2n) is 27.8. The lowest BCUT2D eigenvalue weighted by Gasteiger charge is -2.21. The summed E-state index contributed by atoms with van der Waals surface area (Å²) in [6.45, 7) is 9.60. The maximum Gasteiger partial charge on any atom is 0.472 e. The van der Waals surface area contributed by atoms with Crippen molar-refractivity contribution in [2.24, 2.45) is 11.8 Å². The van der Waals surface area contributed by atoms with Crippen LogP contribution >= 0.6 is 15.6 Å². The van der Waals surface area contributed by atoms with Crippen LogP contribution in [0.3, 0.4) is 0 Å². The minimum atomic E-state index is -4.95. The van der Waals surface area contributed by atoms with E-state index in [4.69, 9.17) is 37.0 Å². The Balaban J connectivity index is 5.16. The zero-order valence-electron chi connectivity index (χ0n) is 61.3. The number of carbonyl (C=O) groups excluding carboxylic acids is 4. The number of aliphatic hydroxyl groups is 1. The van der Waals surface area contributed by atoms with Gasteiger partial charge in [-0.15, -0.1) is 0 Å². The summed E-state index contributed by atoms with van der Waals surface area (Å²) in [5.74, 6) is -0.521. The Labute approximate surface area is 575 Å². The molecule has 94 heavy (non-hydrogen) atoms. The highest BCUT2D eigenvalue weighted by Gasteiger charge is 2.30. The van der Waals surface area contributed by atoms with Crippen LogP contribution in [0.4, 0.5) is 0 Å². The molecule has 0 aromatic rings. The summed E-state index contributed by atoms with van der Waals surface area (Å²) in [7, 11) is -9.90. The Morgan fingerprint density at radius 1 is 0.309 bits per heavy atom. The number of hydrogen-bond acceptors (Lipinski definition) is 15. The van der Waals surface area contributed by atoms with Gasteiger partial charge in [-0.3, -0.25) is 37.3 Å². The number of hydrogen-bond donors (Lipinski definition) is 3. The molecule has 0 aromatic carbocycles. The number of carbonyl (C=O) groups is 4. The topological polar surface area (TPSA) is 237 Å². The molecule has 19 heteroatoms. The third-order valence-corrected chi connectivity index (χ3v) is 19.7. The SMILES string of the molecule is CCCCCCCCCCCCCC(=O)O[C@H](COC(=O)CCCCCCCCCCCC)COP(=O)(O)OC[C@H](O)COP(=O)(O)OC[C@@H](COC(=O)CCCCCCCCCCC(C)C)OC(=O)CCCCCCCCCCCCCCCCCCCCC(C)CC. The van der Waals surface area contributed by atoms with E-state index in [1.807, 2.05) is 0 Å². The lowest BCUT2D eigenvalue weighted by atomic mass is 9.99. The molecule has 0 aliphatic heterocycles. The van der Waals surface area contributed by atoms with Crippen molar-refractivity contribution in [1.82, 2.24) is 0 Å². The average molecular weight is 1380 g/mol. The van der Waals surface area contributed by atoms with E-state index in [9.17, 15) is 43.2 Å². The van der Waals surface area contributed by atoms with E-state index in [2.05, 4.69) is 41.5 Å². The predicted molar refractivity (Wildman–Crippen MR) is 381 cm³/mol. The number of rotatable bonds is 74. The monoisotopic (exact) mass is 1380 g/mol. The number of unbranched alkanes of at least 4 members (excludes halogenated alkanes) is 43. The Bertz CT molecular complexity index is 1820. The third kappa shape index (κ3) is 67.3. The standard InChI is InChI=1S/C75H146O17P2/c1-7-10-12-14-16-18-28-33-41-47-53-59-74(79)91-70(63-85-72(77)57-51-45-39-32-19-17-15-13-11-8-2)65-89-93(81,82)87-61-69(76)62-88-94(83,84)90-66-71(64-86-73(78)58-52-46-40-36-35-37-43-49-55-67(4)5)92-75(80)60-54-48-42-34-30-27-25-23-21-20-22-24-26-29-31-38-44-50-56-68(6)9-3/h67-71,76H,7-66H2,1-6H3,(H,81,82)(H,83,84)/t68?,69-,70+,71+/m0/s1. The van der Waals surface area contributed by atoms with E-state index in [0.717, 1.165) is 102 Å². The van der Waals surface area contributed by atoms with Crippen LogP contribution in [0, 0.1) is 11.8 Å². The number of esters is 4. The van der Waals surface area contributed by atoms with Crippen molar-refractivity contribution < 1.29 is 80.2 Å². The lowest BCUT2D eigenvalue weighted by molar-refractivity contribution is -0.161. The van der Waals surface area contributed by atoms with Gasteiger partial charge in [-0.1, -0.05) is 337 Å². The van der Waals surface area contributed by atoms with Gasteiger partial charge in [-0.2, -0.15) is 0 Å². The van der Waals surface area contributed by atoms with Crippen LogP contribution in [0.1, 0.15) is 388 Å². The van der Waals surface area contributed by atoms with E-state index in [-0.39, 0.29) is 25.7 Å². The van der Waals surface area contributed by atoms with Crippen LogP contribution in [0.2, 0.25) is 0 Å². The largest absolute Gasteiger partial charge is 0.472 e. The van der Waals surface area contributed by atoms with Crippen molar-refractivity contribution in [2.45, 2.75) is 407 Å². The summed E-state index contributed by atoms with van der Waals surface area (Å²) in [6.07, 6.45) is 54.1. The van der Waals surface area contributed by atoms with Crippen molar-refractivity contribution in [2.75, 3.05) is 39.6 Å². The number of ether oxygens (including phenoxy) is 4. The number of phosphoric acid groups is 2. The van der Waals surface area contributed by atoms with Gasteiger partial charge in [-0.25, -0.2) is 9.13 Å². The average Bonchev–Trinajstić information content (AvgIpc) is 1.17. The molecule has 0 aliphatic rings. The van der Waals surface area contributed by atoms with Crippen LogP contribution < -0.4 is 0 Å². The van der Waals surface area contributed by atoms with E-state index >= 15 is 0 Å². The molecule has 0 fully saturated rings. The van der Waals surface area contributed by atoms with Gasteiger partial charge in [-0.05, 0) is 37.5 Å². The quantitative estimate of drug-likeness (QED) is 0.0222. The molecule has 3 N–H and O–H groups in total. The van der Waals surface area contributed by atoms with Gasteiger partial charge in [0.15, 0.2) is 12.2 Å². The fourth-order valence-corrected chi connectivity index (χ4v) is 13.0. The molecule has 0 bridgehead atoms. The highest BCUT2D eigenvalue weighted by molar-refractivity contribution is 7.47. The molecular formula is C75H146O17P2. The van der Waals surface area contributed by atoms with Crippen molar-refractivity contribution in [1.29, 1.82) is 0 Å². The minimum Gasteiger partial charge on any atom is -0.462 e. The zero-order chi connectivity index (χ0) is 69.3. The first-order chi connectivity index (χ1) is 45.4. The highest BCUT2D eigenvalue weighted by atomic mass is 31.2. The van der Waals surface area contributed by atoms with Crippen LogP contribution in [0.15, 0.2) is 0 Å². The van der Waals surface area contributed by atoms with Gasteiger partial charge in [0.05, 0.1) is 26.4 Å². The molecule has 0 spiro atoms. The summed E-state index contributed by atoms with van der Waals surface area (Å²) in [4.78, 5) is 72.6. The maximum absolute atomic E-state index is 13.1. The molecule has 17 nitrogen and oxygen atoms in total. The van der Waals surface area contributed by atoms with Crippen molar-refractivity contribution >= 4 is 39.5 Å². The normalized spacial score (nSPS) is 14.3. The molecule has 558 valence electrons. The molecule has 6 atom stereocenters. The number of aliphatic hydroxyl groups excluding tert-OH is 1. The van der Waals surface area contributed by atoms with Crippen molar-refractivity contribution in [3.63, 3.8) is 0 Å². The number of phosphoric ester groups is 2.